The molecule has 0 radical (unpaired) electrons. The van der Waals surface area contributed by atoms with Crippen LogP contribution in [-0.2, 0) is 21.4 Å². The number of ether oxygens (including phenoxy) is 1. The van der Waals surface area contributed by atoms with Gasteiger partial charge in [-0.05, 0) is 12.5 Å². The number of aromatic nitrogens is 1. The first-order valence-corrected chi connectivity index (χ1v) is 6.12. The maximum atomic E-state index is 11.9. The van der Waals surface area contributed by atoms with Crippen LogP contribution in [0.4, 0.5) is 0 Å². The summed E-state index contributed by atoms with van der Waals surface area (Å²) in [4.78, 5) is 45.4. The Morgan fingerprint density at radius 1 is 1.43 bits per heavy atom. The molecule has 0 saturated heterocycles. The molecule has 1 rings (SSSR count). The number of aryl methyl sites for hydroxylation is 1. The molecule has 8 nitrogen and oxygen atoms in total. The van der Waals surface area contributed by atoms with Gasteiger partial charge in [0.15, 0.2) is 0 Å². The molecule has 1 atom stereocenters. The zero-order valence-electron chi connectivity index (χ0n) is 11.7. The second-order valence-electron chi connectivity index (χ2n) is 4.34. The van der Waals surface area contributed by atoms with E-state index in [4.69, 9.17) is 5.11 Å². The Hall–Kier alpha value is -2.64. The molecular formula is C13H16N2O6. The Morgan fingerprint density at radius 2 is 2.10 bits per heavy atom. The van der Waals surface area contributed by atoms with Crippen LogP contribution in [0.15, 0.2) is 23.1 Å². The molecule has 114 valence electrons. The summed E-state index contributed by atoms with van der Waals surface area (Å²) in [5.41, 5.74) is -0.327. The average molecular weight is 296 g/mol. The minimum Gasteiger partial charge on any atom is -0.480 e. The summed E-state index contributed by atoms with van der Waals surface area (Å²) in [6.07, 6.45) is 1.17. The standard InChI is InChI=1S/C13H16N2O6/c1-15-6-5-8(7-10(15)16)12(18)14-9(13(19)20)3-4-11(17)21-2/h5-7,9H,3-4H2,1-2H3,(H,14,18)(H,19,20). The highest BCUT2D eigenvalue weighted by Gasteiger charge is 2.22. The van der Waals surface area contributed by atoms with Gasteiger partial charge in [0.1, 0.15) is 6.04 Å². The predicted molar refractivity (Wildman–Crippen MR) is 71.8 cm³/mol. The van der Waals surface area contributed by atoms with Crippen molar-refractivity contribution in [1.29, 1.82) is 0 Å². The summed E-state index contributed by atoms with van der Waals surface area (Å²) in [6.45, 7) is 0. The molecule has 1 aromatic rings. The monoisotopic (exact) mass is 296 g/mol. The second-order valence-corrected chi connectivity index (χ2v) is 4.34. The lowest BCUT2D eigenvalue weighted by atomic mass is 10.1. The van der Waals surface area contributed by atoms with Gasteiger partial charge in [-0.25, -0.2) is 4.79 Å². The van der Waals surface area contributed by atoms with Crippen LogP contribution in [0.3, 0.4) is 0 Å². The minimum absolute atomic E-state index is 0.0578. The van der Waals surface area contributed by atoms with Crippen molar-refractivity contribution < 1.29 is 24.2 Å². The lowest BCUT2D eigenvalue weighted by Gasteiger charge is -2.14. The Balaban J connectivity index is 2.76. The lowest BCUT2D eigenvalue weighted by Crippen LogP contribution is -2.41. The van der Waals surface area contributed by atoms with Crippen molar-refractivity contribution in [3.05, 3.63) is 34.2 Å². The molecule has 0 spiro atoms. The number of esters is 1. The molecule has 0 fully saturated rings. The van der Waals surface area contributed by atoms with E-state index in [9.17, 15) is 19.2 Å². The Kier molecular flexibility index (Phi) is 5.65. The fraction of sp³-hybridized carbons (Fsp3) is 0.385. The quantitative estimate of drug-likeness (QED) is 0.685. The summed E-state index contributed by atoms with van der Waals surface area (Å²) in [5.74, 6) is -2.52. The van der Waals surface area contributed by atoms with E-state index in [1.807, 2.05) is 0 Å². The van der Waals surface area contributed by atoms with Crippen LogP contribution in [0.2, 0.25) is 0 Å². The maximum absolute atomic E-state index is 11.9. The molecule has 8 heteroatoms. The van der Waals surface area contributed by atoms with Crippen molar-refractivity contribution in [1.82, 2.24) is 9.88 Å². The molecule has 1 amide bonds. The molecule has 1 heterocycles. The van der Waals surface area contributed by atoms with Crippen molar-refractivity contribution in [3.8, 4) is 0 Å². The van der Waals surface area contributed by atoms with Crippen LogP contribution in [-0.4, -0.2) is 40.7 Å². The number of carbonyl (C=O) groups is 3. The van der Waals surface area contributed by atoms with E-state index in [1.54, 1.807) is 0 Å². The normalized spacial score (nSPS) is 11.5. The number of carboxylic acids is 1. The number of rotatable bonds is 6. The van der Waals surface area contributed by atoms with Gasteiger partial charge in [0.05, 0.1) is 7.11 Å². The van der Waals surface area contributed by atoms with Crippen molar-refractivity contribution >= 4 is 17.8 Å². The van der Waals surface area contributed by atoms with Crippen LogP contribution in [0, 0.1) is 0 Å². The molecule has 2 N–H and O–H groups in total. The minimum atomic E-state index is -1.27. The van der Waals surface area contributed by atoms with E-state index in [-0.39, 0.29) is 24.0 Å². The van der Waals surface area contributed by atoms with E-state index in [0.29, 0.717) is 0 Å². The molecule has 1 aromatic heterocycles. The topological polar surface area (TPSA) is 115 Å². The van der Waals surface area contributed by atoms with Crippen LogP contribution < -0.4 is 10.9 Å². The van der Waals surface area contributed by atoms with Crippen molar-refractivity contribution in [2.45, 2.75) is 18.9 Å². The molecule has 1 unspecified atom stereocenters. The number of hydrogen-bond donors (Lipinski definition) is 2. The third kappa shape index (κ3) is 4.75. The Labute approximate surface area is 120 Å². The summed E-state index contributed by atoms with van der Waals surface area (Å²) >= 11 is 0. The average Bonchev–Trinajstić information content (AvgIpc) is 2.45. The van der Waals surface area contributed by atoms with Gasteiger partial charge < -0.3 is 19.7 Å². The van der Waals surface area contributed by atoms with E-state index in [2.05, 4.69) is 10.1 Å². The molecule has 0 saturated carbocycles. The highest BCUT2D eigenvalue weighted by atomic mass is 16.5. The molecular weight excluding hydrogens is 280 g/mol. The fourth-order valence-corrected chi connectivity index (χ4v) is 1.55. The number of nitrogens with one attached hydrogen (secondary N) is 1. The smallest absolute Gasteiger partial charge is 0.326 e. The van der Waals surface area contributed by atoms with Gasteiger partial charge in [0.25, 0.3) is 11.5 Å². The number of methoxy groups -OCH3 is 1. The molecule has 0 aliphatic heterocycles. The Bertz CT molecular complexity index is 607. The van der Waals surface area contributed by atoms with Gasteiger partial charge in [0.2, 0.25) is 0 Å². The number of aliphatic carboxylic acids is 1. The van der Waals surface area contributed by atoms with Crippen molar-refractivity contribution in [2.24, 2.45) is 7.05 Å². The van der Waals surface area contributed by atoms with E-state index < -0.39 is 23.9 Å². The zero-order chi connectivity index (χ0) is 16.0. The SMILES string of the molecule is COC(=O)CCC(NC(=O)c1ccn(C)c(=O)c1)C(=O)O. The van der Waals surface area contributed by atoms with Gasteiger partial charge >= 0.3 is 11.9 Å². The molecule has 0 aromatic carbocycles. The number of hydrogen-bond acceptors (Lipinski definition) is 5. The van der Waals surface area contributed by atoms with Gasteiger partial charge in [-0.2, -0.15) is 0 Å². The Morgan fingerprint density at radius 3 is 2.62 bits per heavy atom. The number of carbonyl (C=O) groups excluding carboxylic acids is 2. The summed E-state index contributed by atoms with van der Waals surface area (Å²) in [5, 5.41) is 11.3. The molecule has 0 aliphatic carbocycles. The van der Waals surface area contributed by atoms with Gasteiger partial charge in [-0.1, -0.05) is 0 Å². The number of pyridine rings is 1. The third-order valence-electron chi connectivity index (χ3n) is 2.83. The first-order chi connectivity index (χ1) is 9.85. The van der Waals surface area contributed by atoms with Gasteiger partial charge in [0, 0.05) is 31.3 Å². The predicted octanol–water partition coefficient (Wildman–Crippen LogP) is -0.478. The van der Waals surface area contributed by atoms with Gasteiger partial charge in [-0.15, -0.1) is 0 Å². The van der Waals surface area contributed by atoms with E-state index in [1.165, 1.54) is 31.0 Å². The highest BCUT2D eigenvalue weighted by Crippen LogP contribution is 2.02. The van der Waals surface area contributed by atoms with Crippen LogP contribution >= 0.6 is 0 Å². The summed E-state index contributed by atoms with van der Waals surface area (Å²) in [6, 6.07) is 1.27. The van der Waals surface area contributed by atoms with E-state index in [0.717, 1.165) is 6.07 Å². The zero-order valence-corrected chi connectivity index (χ0v) is 11.7. The number of carboxylic acid groups (broad SMARTS) is 1. The van der Waals surface area contributed by atoms with Gasteiger partial charge in [-0.3, -0.25) is 14.4 Å². The highest BCUT2D eigenvalue weighted by molar-refractivity contribution is 5.96. The maximum Gasteiger partial charge on any atom is 0.326 e. The summed E-state index contributed by atoms with van der Waals surface area (Å²) in [7, 11) is 2.72. The lowest BCUT2D eigenvalue weighted by molar-refractivity contribution is -0.142. The van der Waals surface area contributed by atoms with Crippen molar-refractivity contribution in [3.63, 3.8) is 0 Å². The number of amides is 1. The first kappa shape index (κ1) is 16.4. The fourth-order valence-electron chi connectivity index (χ4n) is 1.55. The van der Waals surface area contributed by atoms with Crippen LogP contribution in [0.25, 0.3) is 0 Å². The van der Waals surface area contributed by atoms with Crippen molar-refractivity contribution in [2.75, 3.05) is 7.11 Å². The van der Waals surface area contributed by atoms with Crippen LogP contribution in [0.5, 0.6) is 0 Å². The van der Waals surface area contributed by atoms with E-state index >= 15 is 0 Å². The van der Waals surface area contributed by atoms with Crippen LogP contribution in [0.1, 0.15) is 23.2 Å². The second kappa shape index (κ2) is 7.22. The summed E-state index contributed by atoms with van der Waals surface area (Å²) < 4.78 is 5.69. The molecule has 0 aliphatic rings. The molecule has 21 heavy (non-hydrogen) atoms. The molecule has 0 bridgehead atoms. The first-order valence-electron chi connectivity index (χ1n) is 6.12. The largest absolute Gasteiger partial charge is 0.480 e. The number of nitrogens with zero attached hydrogens (tertiary/aromatic N) is 1. The third-order valence-corrected chi connectivity index (χ3v) is 2.83.